The molecule has 0 amide bonds. The number of hydrogen-bond acceptors (Lipinski definition) is 3. The van der Waals surface area contributed by atoms with Crippen LogP contribution in [-0.2, 0) is 12.1 Å². The molecule has 24 heavy (non-hydrogen) atoms. The predicted molar refractivity (Wildman–Crippen MR) is 93.8 cm³/mol. The van der Waals surface area contributed by atoms with E-state index >= 15 is 0 Å². The van der Waals surface area contributed by atoms with Crippen molar-refractivity contribution in [1.82, 2.24) is 15.0 Å². The van der Waals surface area contributed by atoms with E-state index in [0.717, 1.165) is 30.5 Å². The highest BCUT2D eigenvalue weighted by atomic mass is 19.1. The Morgan fingerprint density at radius 2 is 2.08 bits per heavy atom. The molecule has 1 aliphatic rings. The van der Waals surface area contributed by atoms with Crippen molar-refractivity contribution in [3.05, 3.63) is 53.5 Å². The van der Waals surface area contributed by atoms with E-state index in [9.17, 15) is 4.39 Å². The molecule has 0 radical (unpaired) electrons. The van der Waals surface area contributed by atoms with Crippen LogP contribution in [0.5, 0.6) is 0 Å². The van der Waals surface area contributed by atoms with Crippen molar-refractivity contribution in [2.45, 2.75) is 44.8 Å². The fraction of sp³-hybridized carbons (Fsp3) is 0.368. The second-order valence-corrected chi connectivity index (χ2v) is 6.93. The van der Waals surface area contributed by atoms with Crippen LogP contribution in [-0.4, -0.2) is 15.0 Å². The van der Waals surface area contributed by atoms with Crippen LogP contribution in [0.15, 0.2) is 36.7 Å². The molecule has 1 atom stereocenters. The van der Waals surface area contributed by atoms with Gasteiger partial charge in [0.1, 0.15) is 23.5 Å². The van der Waals surface area contributed by atoms with Gasteiger partial charge in [-0.2, -0.15) is 0 Å². The number of hydrogen-bond donors (Lipinski definition) is 2. The minimum atomic E-state index is -1.44. The predicted octanol–water partition coefficient (Wildman–Crippen LogP) is 4.65. The van der Waals surface area contributed by atoms with Crippen molar-refractivity contribution in [3.8, 4) is 0 Å². The number of halogens is 1. The van der Waals surface area contributed by atoms with Gasteiger partial charge in [0.2, 0.25) is 0 Å². The van der Waals surface area contributed by atoms with Gasteiger partial charge in [-0.05, 0) is 50.3 Å². The number of nitrogens with zero attached hydrogens (tertiary/aromatic N) is 2. The molecule has 2 aromatic heterocycles. The quantitative estimate of drug-likeness (QED) is 0.737. The summed E-state index contributed by atoms with van der Waals surface area (Å²) in [6, 6.07) is 10.6. The Bertz CT molecular complexity index is 878. The van der Waals surface area contributed by atoms with E-state index in [-0.39, 0.29) is 6.04 Å². The van der Waals surface area contributed by atoms with Gasteiger partial charge in [0, 0.05) is 0 Å². The Hall–Kier alpha value is -2.43. The van der Waals surface area contributed by atoms with Crippen LogP contribution < -0.4 is 5.32 Å². The molecule has 1 aromatic carbocycles. The zero-order chi connectivity index (χ0) is 16.7. The second-order valence-electron chi connectivity index (χ2n) is 6.93. The van der Waals surface area contributed by atoms with Gasteiger partial charge >= 0.3 is 0 Å². The monoisotopic (exact) mass is 324 g/mol. The number of rotatable bonds is 3. The van der Waals surface area contributed by atoms with Gasteiger partial charge in [-0.15, -0.1) is 0 Å². The van der Waals surface area contributed by atoms with Crippen molar-refractivity contribution in [2.24, 2.45) is 0 Å². The first-order valence-corrected chi connectivity index (χ1v) is 8.40. The van der Waals surface area contributed by atoms with E-state index in [0.29, 0.717) is 11.3 Å². The van der Waals surface area contributed by atoms with Crippen LogP contribution >= 0.6 is 0 Å². The van der Waals surface area contributed by atoms with E-state index in [2.05, 4.69) is 44.5 Å². The third-order valence-electron chi connectivity index (χ3n) is 4.75. The third kappa shape index (κ3) is 2.64. The minimum absolute atomic E-state index is 0.227. The molecule has 0 spiro atoms. The number of aryl methyl sites for hydroxylation is 1. The van der Waals surface area contributed by atoms with Gasteiger partial charge in [-0.25, -0.2) is 14.4 Å². The Morgan fingerprint density at radius 1 is 1.25 bits per heavy atom. The third-order valence-corrected chi connectivity index (χ3v) is 4.75. The maximum atomic E-state index is 14.2. The molecule has 0 saturated heterocycles. The fourth-order valence-electron chi connectivity index (χ4n) is 3.44. The molecule has 3 aromatic rings. The molecule has 0 fully saturated rings. The second kappa shape index (κ2) is 5.58. The number of fused-ring (bicyclic) bond motifs is 2. The summed E-state index contributed by atoms with van der Waals surface area (Å²) in [6.07, 6.45) is 4.86. The first kappa shape index (κ1) is 15.1. The smallest absolute Gasteiger partial charge is 0.145 e. The number of nitrogens with one attached hydrogen (secondary N) is 2. The van der Waals surface area contributed by atoms with Crippen molar-refractivity contribution < 1.29 is 4.39 Å². The molecule has 0 bridgehead atoms. The van der Waals surface area contributed by atoms with Gasteiger partial charge in [-0.1, -0.05) is 24.3 Å². The summed E-state index contributed by atoms with van der Waals surface area (Å²) in [6.45, 7) is 3.07. The average Bonchev–Trinajstić information content (AvgIpc) is 3.01. The molecular weight excluding hydrogens is 303 g/mol. The van der Waals surface area contributed by atoms with Gasteiger partial charge < -0.3 is 10.3 Å². The summed E-state index contributed by atoms with van der Waals surface area (Å²) >= 11 is 0. The molecule has 5 heteroatoms. The fourth-order valence-corrected chi connectivity index (χ4v) is 3.44. The molecule has 1 unspecified atom stereocenters. The lowest BCUT2D eigenvalue weighted by molar-refractivity contribution is 0.215. The summed E-state index contributed by atoms with van der Waals surface area (Å²) in [5, 5.41) is 4.39. The van der Waals surface area contributed by atoms with Crippen LogP contribution in [0, 0.1) is 0 Å². The molecule has 4 nitrogen and oxygen atoms in total. The molecular formula is C19H21FN4. The van der Waals surface area contributed by atoms with E-state index in [4.69, 9.17) is 0 Å². The van der Waals surface area contributed by atoms with Crippen LogP contribution in [0.2, 0.25) is 0 Å². The zero-order valence-electron chi connectivity index (χ0n) is 13.9. The average molecular weight is 324 g/mol. The van der Waals surface area contributed by atoms with Crippen molar-refractivity contribution in [2.75, 3.05) is 5.32 Å². The number of alkyl halides is 1. The van der Waals surface area contributed by atoms with Gasteiger partial charge in [-0.3, -0.25) is 0 Å². The van der Waals surface area contributed by atoms with Crippen LogP contribution in [0.3, 0.4) is 0 Å². The van der Waals surface area contributed by atoms with Crippen LogP contribution in [0.1, 0.15) is 49.6 Å². The Morgan fingerprint density at radius 3 is 2.92 bits per heavy atom. The summed E-state index contributed by atoms with van der Waals surface area (Å²) < 4.78 is 14.2. The first-order chi connectivity index (χ1) is 11.5. The summed E-state index contributed by atoms with van der Waals surface area (Å²) in [5.41, 5.74) is 2.47. The maximum absolute atomic E-state index is 14.2. The van der Waals surface area contributed by atoms with E-state index in [1.165, 1.54) is 31.3 Å². The Kier molecular flexibility index (Phi) is 3.52. The van der Waals surface area contributed by atoms with E-state index in [1.54, 1.807) is 0 Å². The molecule has 0 saturated carbocycles. The molecule has 1 aliphatic carbocycles. The molecule has 0 aliphatic heterocycles. The van der Waals surface area contributed by atoms with E-state index < -0.39 is 5.67 Å². The summed E-state index contributed by atoms with van der Waals surface area (Å²) in [5.74, 6) is 0.758. The lowest BCUT2D eigenvalue weighted by Gasteiger charge is -2.26. The summed E-state index contributed by atoms with van der Waals surface area (Å²) in [4.78, 5) is 11.7. The Balaban J connectivity index is 1.72. The van der Waals surface area contributed by atoms with Crippen LogP contribution in [0.4, 0.5) is 10.2 Å². The minimum Gasteiger partial charge on any atom is -0.363 e. The molecule has 124 valence electrons. The standard InChI is InChI=1S/C19H21FN4/c1-19(2,20)16-10-14-17(21-11-22-18(14)24-16)23-15-9-5-7-12-6-3-4-8-13(12)15/h3-4,6,8,10-11,15H,5,7,9H2,1-2H3,(H2,21,22,23,24). The molecule has 2 heterocycles. The highest BCUT2D eigenvalue weighted by molar-refractivity contribution is 5.88. The molecule has 4 rings (SSSR count). The van der Waals surface area contributed by atoms with Gasteiger partial charge in [0.15, 0.2) is 0 Å². The van der Waals surface area contributed by atoms with Crippen molar-refractivity contribution >= 4 is 16.9 Å². The SMILES string of the molecule is CC(C)(F)c1cc2c(NC3CCCc4ccccc43)ncnc2[nH]1. The maximum Gasteiger partial charge on any atom is 0.145 e. The van der Waals surface area contributed by atoms with Gasteiger partial charge in [0.05, 0.1) is 17.1 Å². The number of H-pyrrole nitrogens is 1. The molecule has 2 N–H and O–H groups in total. The number of aromatic amines is 1. The highest BCUT2D eigenvalue weighted by Gasteiger charge is 2.24. The first-order valence-electron chi connectivity index (χ1n) is 8.40. The highest BCUT2D eigenvalue weighted by Crippen LogP contribution is 2.34. The number of aromatic nitrogens is 3. The summed E-state index contributed by atoms with van der Waals surface area (Å²) in [7, 11) is 0. The topological polar surface area (TPSA) is 53.6 Å². The van der Waals surface area contributed by atoms with E-state index in [1.807, 2.05) is 6.07 Å². The number of benzene rings is 1. The lowest BCUT2D eigenvalue weighted by atomic mass is 9.88. The lowest BCUT2D eigenvalue weighted by Crippen LogP contribution is -2.18. The Labute approximate surface area is 140 Å². The van der Waals surface area contributed by atoms with Crippen molar-refractivity contribution in [1.29, 1.82) is 0 Å². The van der Waals surface area contributed by atoms with Crippen LogP contribution in [0.25, 0.3) is 11.0 Å². The van der Waals surface area contributed by atoms with Crippen molar-refractivity contribution in [3.63, 3.8) is 0 Å². The zero-order valence-corrected chi connectivity index (χ0v) is 13.9. The normalized spacial score (nSPS) is 17.7. The largest absolute Gasteiger partial charge is 0.363 e. The van der Waals surface area contributed by atoms with Gasteiger partial charge in [0.25, 0.3) is 0 Å². The number of anilines is 1.